The standard InChI is InChI=1S/C18H13ClF3N3/c19-13-5-1-11(2-6-13)16-15-9-10-23-17(15)25(24-16)14-7-3-12(4-8-14)18(20,21)22/h1-8,23H,9-10H2. The van der Waals surface area contributed by atoms with Gasteiger partial charge in [-0.2, -0.15) is 18.3 Å². The van der Waals surface area contributed by atoms with Crippen LogP contribution < -0.4 is 5.32 Å². The minimum absolute atomic E-state index is 0.582. The van der Waals surface area contributed by atoms with Crippen molar-refractivity contribution < 1.29 is 13.2 Å². The minimum Gasteiger partial charge on any atom is -0.369 e. The predicted octanol–water partition coefficient (Wildman–Crippen LogP) is 5.18. The van der Waals surface area contributed by atoms with E-state index in [1.807, 2.05) is 12.1 Å². The van der Waals surface area contributed by atoms with E-state index in [0.29, 0.717) is 10.7 Å². The number of aromatic nitrogens is 2. The van der Waals surface area contributed by atoms with Crippen LogP contribution in [0, 0.1) is 0 Å². The molecule has 0 saturated heterocycles. The van der Waals surface area contributed by atoms with Gasteiger partial charge in [0.2, 0.25) is 0 Å². The van der Waals surface area contributed by atoms with Gasteiger partial charge in [-0.1, -0.05) is 23.7 Å². The van der Waals surface area contributed by atoms with Gasteiger partial charge in [-0.05, 0) is 42.8 Å². The largest absolute Gasteiger partial charge is 0.416 e. The Hall–Kier alpha value is -2.47. The number of hydrogen-bond donors (Lipinski definition) is 1. The summed E-state index contributed by atoms with van der Waals surface area (Å²) in [5, 5.41) is 8.53. The fourth-order valence-corrected chi connectivity index (χ4v) is 3.12. The molecule has 1 aliphatic heterocycles. The molecule has 0 saturated carbocycles. The summed E-state index contributed by atoms with van der Waals surface area (Å²) in [7, 11) is 0. The minimum atomic E-state index is -4.35. The van der Waals surface area contributed by atoms with Crippen LogP contribution in [0.3, 0.4) is 0 Å². The molecule has 0 unspecified atom stereocenters. The van der Waals surface area contributed by atoms with E-state index in [-0.39, 0.29) is 0 Å². The topological polar surface area (TPSA) is 29.9 Å². The maximum atomic E-state index is 12.8. The molecule has 0 spiro atoms. The molecule has 1 aromatic heterocycles. The van der Waals surface area contributed by atoms with Crippen molar-refractivity contribution in [1.82, 2.24) is 9.78 Å². The molecule has 1 aliphatic rings. The zero-order valence-electron chi connectivity index (χ0n) is 12.9. The molecule has 0 atom stereocenters. The molecule has 2 heterocycles. The lowest BCUT2D eigenvalue weighted by molar-refractivity contribution is -0.137. The second kappa shape index (κ2) is 5.81. The highest BCUT2D eigenvalue weighted by Crippen LogP contribution is 2.36. The number of rotatable bonds is 2. The normalized spacial score (nSPS) is 13.6. The number of nitrogens with zero attached hydrogens (tertiary/aromatic N) is 2. The Morgan fingerprint density at radius 1 is 1.00 bits per heavy atom. The smallest absolute Gasteiger partial charge is 0.369 e. The fraction of sp³-hybridized carbons (Fsp3) is 0.167. The molecule has 4 rings (SSSR count). The summed E-state index contributed by atoms with van der Waals surface area (Å²) in [5.41, 5.74) is 2.71. The lowest BCUT2D eigenvalue weighted by Crippen LogP contribution is -2.07. The van der Waals surface area contributed by atoms with Gasteiger partial charge in [0.1, 0.15) is 5.82 Å². The third-order valence-corrected chi connectivity index (χ3v) is 4.46. The Morgan fingerprint density at radius 2 is 1.68 bits per heavy atom. The highest BCUT2D eigenvalue weighted by Gasteiger charge is 2.30. The molecule has 3 nitrogen and oxygen atoms in total. The number of halogens is 4. The van der Waals surface area contributed by atoms with E-state index < -0.39 is 11.7 Å². The summed E-state index contributed by atoms with van der Waals surface area (Å²) in [6.45, 7) is 0.772. The number of anilines is 1. The zero-order chi connectivity index (χ0) is 17.6. The predicted molar refractivity (Wildman–Crippen MR) is 91.2 cm³/mol. The molecule has 1 N–H and O–H groups in total. The van der Waals surface area contributed by atoms with E-state index in [1.54, 1.807) is 16.8 Å². The van der Waals surface area contributed by atoms with Crippen LogP contribution in [0.2, 0.25) is 5.02 Å². The Balaban J connectivity index is 1.79. The number of hydrogen-bond acceptors (Lipinski definition) is 2. The summed E-state index contributed by atoms with van der Waals surface area (Å²) in [5.74, 6) is 0.824. The quantitative estimate of drug-likeness (QED) is 0.680. The number of benzene rings is 2. The van der Waals surface area contributed by atoms with Crippen LogP contribution in [0.5, 0.6) is 0 Å². The maximum absolute atomic E-state index is 12.8. The van der Waals surface area contributed by atoms with Gasteiger partial charge < -0.3 is 5.32 Å². The van der Waals surface area contributed by atoms with Gasteiger partial charge in [-0.25, -0.2) is 4.68 Å². The lowest BCUT2D eigenvalue weighted by Gasteiger charge is -2.09. The van der Waals surface area contributed by atoms with E-state index in [0.717, 1.165) is 47.7 Å². The first-order chi connectivity index (χ1) is 11.9. The first kappa shape index (κ1) is 16.0. The van der Waals surface area contributed by atoms with Crippen LogP contribution in [0.25, 0.3) is 16.9 Å². The molecule has 2 aromatic carbocycles. The molecule has 0 bridgehead atoms. The lowest BCUT2D eigenvalue weighted by atomic mass is 10.1. The van der Waals surface area contributed by atoms with Crippen LogP contribution in [0.15, 0.2) is 48.5 Å². The first-order valence-electron chi connectivity index (χ1n) is 7.73. The SMILES string of the molecule is FC(F)(F)c1ccc(-n2nc(-c3ccc(Cl)cc3)c3c2NCC3)cc1. The molecule has 128 valence electrons. The summed E-state index contributed by atoms with van der Waals surface area (Å²) in [4.78, 5) is 0. The van der Waals surface area contributed by atoms with Crippen molar-refractivity contribution in [3.63, 3.8) is 0 Å². The zero-order valence-corrected chi connectivity index (χ0v) is 13.7. The van der Waals surface area contributed by atoms with Crippen LogP contribution in [-0.4, -0.2) is 16.3 Å². The Labute approximate surface area is 147 Å². The molecule has 0 fully saturated rings. The molecular weight excluding hydrogens is 351 g/mol. The summed E-state index contributed by atoms with van der Waals surface area (Å²) in [6.07, 6.45) is -3.54. The number of alkyl halides is 3. The number of fused-ring (bicyclic) bond motifs is 1. The summed E-state index contributed by atoms with van der Waals surface area (Å²) in [6, 6.07) is 12.4. The molecule has 0 aliphatic carbocycles. The van der Waals surface area contributed by atoms with Crippen molar-refractivity contribution in [3.8, 4) is 16.9 Å². The molecule has 3 aromatic rings. The second-order valence-corrected chi connectivity index (χ2v) is 6.25. The van der Waals surface area contributed by atoms with Crippen molar-refractivity contribution in [3.05, 3.63) is 64.7 Å². The second-order valence-electron chi connectivity index (χ2n) is 5.82. The highest BCUT2D eigenvalue weighted by molar-refractivity contribution is 6.30. The molecule has 25 heavy (non-hydrogen) atoms. The van der Waals surface area contributed by atoms with Gasteiger partial charge in [0.25, 0.3) is 0 Å². The monoisotopic (exact) mass is 363 g/mol. The fourth-order valence-electron chi connectivity index (χ4n) is 2.99. The van der Waals surface area contributed by atoms with Gasteiger partial charge >= 0.3 is 6.18 Å². The highest BCUT2D eigenvalue weighted by atomic mass is 35.5. The molecule has 0 radical (unpaired) electrons. The van der Waals surface area contributed by atoms with Gasteiger partial charge in [0.05, 0.1) is 16.9 Å². The third kappa shape index (κ3) is 2.87. The van der Waals surface area contributed by atoms with Crippen LogP contribution in [0.4, 0.5) is 19.0 Å². The summed E-state index contributed by atoms with van der Waals surface area (Å²) >= 11 is 5.94. The van der Waals surface area contributed by atoms with Crippen LogP contribution in [0.1, 0.15) is 11.1 Å². The molecule has 7 heteroatoms. The average molecular weight is 364 g/mol. The van der Waals surface area contributed by atoms with Crippen LogP contribution >= 0.6 is 11.6 Å². The Kier molecular flexibility index (Phi) is 3.72. The van der Waals surface area contributed by atoms with Gasteiger partial charge in [-0.15, -0.1) is 0 Å². The molecule has 0 amide bonds. The Bertz CT molecular complexity index is 912. The summed E-state index contributed by atoms with van der Waals surface area (Å²) < 4.78 is 39.9. The van der Waals surface area contributed by atoms with E-state index in [9.17, 15) is 13.2 Å². The van der Waals surface area contributed by atoms with Crippen molar-refractivity contribution in [1.29, 1.82) is 0 Å². The van der Waals surface area contributed by atoms with Gasteiger partial charge in [0, 0.05) is 22.7 Å². The third-order valence-electron chi connectivity index (χ3n) is 4.21. The van der Waals surface area contributed by atoms with E-state index in [1.165, 1.54) is 12.1 Å². The van der Waals surface area contributed by atoms with E-state index in [2.05, 4.69) is 10.4 Å². The average Bonchev–Trinajstić information content (AvgIpc) is 3.17. The van der Waals surface area contributed by atoms with Gasteiger partial charge in [0.15, 0.2) is 0 Å². The van der Waals surface area contributed by atoms with Gasteiger partial charge in [-0.3, -0.25) is 0 Å². The van der Waals surface area contributed by atoms with Crippen molar-refractivity contribution in [2.75, 3.05) is 11.9 Å². The van der Waals surface area contributed by atoms with E-state index >= 15 is 0 Å². The van der Waals surface area contributed by atoms with Crippen molar-refractivity contribution in [2.45, 2.75) is 12.6 Å². The Morgan fingerprint density at radius 3 is 2.32 bits per heavy atom. The molecular formula is C18H13ClF3N3. The van der Waals surface area contributed by atoms with Crippen LogP contribution in [-0.2, 0) is 12.6 Å². The van der Waals surface area contributed by atoms with Crippen molar-refractivity contribution in [2.24, 2.45) is 0 Å². The van der Waals surface area contributed by atoms with E-state index in [4.69, 9.17) is 11.6 Å². The maximum Gasteiger partial charge on any atom is 0.416 e. The first-order valence-corrected chi connectivity index (χ1v) is 8.10. The van der Waals surface area contributed by atoms with Crippen molar-refractivity contribution >= 4 is 17.4 Å². The number of nitrogens with one attached hydrogen (secondary N) is 1.